The van der Waals surface area contributed by atoms with Gasteiger partial charge in [0.05, 0.1) is 16.5 Å². The van der Waals surface area contributed by atoms with E-state index in [1.54, 1.807) is 6.07 Å². The van der Waals surface area contributed by atoms with Crippen molar-refractivity contribution >= 4 is 56.6 Å². The quantitative estimate of drug-likeness (QED) is 0.618. The Morgan fingerprint density at radius 1 is 1.09 bits per heavy atom. The standard InChI is InChI=1S/C14H8ClN3O4S/c15-14-17-10(9-1-2-23-11(9)18-14)16-8-4-6(12(19)20)3-7(5-8)13(21)22/h1-5H,(H,19,20)(H,21,22)(H,16,17,18). The van der Waals surface area contributed by atoms with Crippen LogP contribution in [0.2, 0.25) is 5.28 Å². The Morgan fingerprint density at radius 3 is 2.35 bits per heavy atom. The summed E-state index contributed by atoms with van der Waals surface area (Å²) in [5.41, 5.74) is -0.00667. The van der Waals surface area contributed by atoms with Gasteiger partial charge in [0, 0.05) is 5.69 Å². The van der Waals surface area contributed by atoms with Crippen LogP contribution in [0.5, 0.6) is 0 Å². The Morgan fingerprint density at radius 2 is 1.74 bits per heavy atom. The molecule has 2 heterocycles. The van der Waals surface area contributed by atoms with Crippen molar-refractivity contribution in [3.05, 3.63) is 46.1 Å². The van der Waals surface area contributed by atoms with Crippen LogP contribution in [0.4, 0.5) is 11.5 Å². The van der Waals surface area contributed by atoms with Crippen LogP contribution in [-0.2, 0) is 0 Å². The number of anilines is 2. The van der Waals surface area contributed by atoms with E-state index in [1.807, 2.05) is 5.38 Å². The van der Waals surface area contributed by atoms with E-state index in [9.17, 15) is 9.59 Å². The zero-order valence-corrected chi connectivity index (χ0v) is 12.9. The molecule has 1 aromatic carbocycles. The molecule has 3 N–H and O–H groups in total. The third-order valence-electron chi connectivity index (χ3n) is 2.99. The Kier molecular flexibility index (Phi) is 3.85. The number of hydrogen-bond donors (Lipinski definition) is 3. The first-order chi connectivity index (χ1) is 10.9. The molecule has 0 amide bonds. The second-order valence-electron chi connectivity index (χ2n) is 4.52. The number of carbonyl (C=O) groups is 2. The Hall–Kier alpha value is -2.71. The van der Waals surface area contributed by atoms with Gasteiger partial charge < -0.3 is 15.5 Å². The maximum absolute atomic E-state index is 11.1. The SMILES string of the molecule is O=C(O)c1cc(Nc2nc(Cl)nc3sccc23)cc(C(=O)O)c1. The second kappa shape index (κ2) is 5.82. The maximum atomic E-state index is 11.1. The summed E-state index contributed by atoms with van der Waals surface area (Å²) in [4.78, 5) is 31.1. The molecule has 23 heavy (non-hydrogen) atoms. The number of nitrogens with zero attached hydrogens (tertiary/aromatic N) is 2. The lowest BCUT2D eigenvalue weighted by molar-refractivity contribution is 0.0696. The molecule has 0 spiro atoms. The van der Waals surface area contributed by atoms with E-state index in [0.29, 0.717) is 16.0 Å². The number of hydrogen-bond acceptors (Lipinski definition) is 6. The van der Waals surface area contributed by atoms with Gasteiger partial charge in [-0.3, -0.25) is 0 Å². The summed E-state index contributed by atoms with van der Waals surface area (Å²) in [5.74, 6) is -2.07. The van der Waals surface area contributed by atoms with Gasteiger partial charge in [0.25, 0.3) is 0 Å². The lowest BCUT2D eigenvalue weighted by Crippen LogP contribution is -2.05. The number of carboxylic acids is 2. The largest absolute Gasteiger partial charge is 0.478 e. The summed E-state index contributed by atoms with van der Waals surface area (Å²) in [6.07, 6.45) is 0. The van der Waals surface area contributed by atoms with Crippen LogP contribution in [0.1, 0.15) is 20.7 Å². The Bertz CT molecular complexity index is 909. The summed E-state index contributed by atoms with van der Waals surface area (Å²) in [5, 5.41) is 23.7. The molecule has 3 rings (SSSR count). The fraction of sp³-hybridized carbons (Fsp3) is 0. The third-order valence-corrected chi connectivity index (χ3v) is 3.96. The minimum absolute atomic E-state index is 0.0373. The monoisotopic (exact) mass is 349 g/mol. The number of rotatable bonds is 4. The number of fused-ring (bicyclic) bond motifs is 1. The number of thiophene rings is 1. The van der Waals surface area contributed by atoms with E-state index in [0.717, 1.165) is 6.07 Å². The third kappa shape index (κ3) is 3.08. The normalized spacial score (nSPS) is 10.7. The highest BCUT2D eigenvalue weighted by atomic mass is 35.5. The molecule has 9 heteroatoms. The fourth-order valence-electron chi connectivity index (χ4n) is 2.01. The summed E-state index contributed by atoms with van der Waals surface area (Å²) in [6, 6.07) is 5.52. The van der Waals surface area contributed by atoms with Crippen molar-refractivity contribution in [1.29, 1.82) is 0 Å². The molecule has 0 aliphatic rings. The molecule has 0 fully saturated rings. The number of aromatic nitrogens is 2. The highest BCUT2D eigenvalue weighted by Gasteiger charge is 2.13. The molecule has 0 saturated heterocycles. The number of halogens is 1. The minimum atomic E-state index is -1.22. The van der Waals surface area contributed by atoms with Crippen molar-refractivity contribution in [1.82, 2.24) is 9.97 Å². The van der Waals surface area contributed by atoms with Gasteiger partial charge in [-0.2, -0.15) is 4.98 Å². The highest BCUT2D eigenvalue weighted by Crippen LogP contribution is 2.29. The van der Waals surface area contributed by atoms with Crippen LogP contribution in [0.15, 0.2) is 29.6 Å². The van der Waals surface area contributed by atoms with E-state index in [1.165, 1.54) is 23.5 Å². The Labute approximate surface area is 138 Å². The lowest BCUT2D eigenvalue weighted by Gasteiger charge is -2.09. The fourth-order valence-corrected chi connectivity index (χ4v) is 2.99. The molecule has 0 atom stereocenters. The number of nitrogens with one attached hydrogen (secondary N) is 1. The molecule has 0 bridgehead atoms. The van der Waals surface area contributed by atoms with E-state index in [-0.39, 0.29) is 22.1 Å². The van der Waals surface area contributed by atoms with Crippen LogP contribution in [0.25, 0.3) is 10.2 Å². The highest BCUT2D eigenvalue weighted by molar-refractivity contribution is 7.16. The van der Waals surface area contributed by atoms with E-state index >= 15 is 0 Å². The Balaban J connectivity index is 2.09. The van der Waals surface area contributed by atoms with Gasteiger partial charge in [-0.25, -0.2) is 14.6 Å². The summed E-state index contributed by atoms with van der Waals surface area (Å²) in [7, 11) is 0. The van der Waals surface area contributed by atoms with Crippen molar-refractivity contribution in [2.45, 2.75) is 0 Å². The summed E-state index contributed by atoms with van der Waals surface area (Å²) >= 11 is 7.25. The van der Waals surface area contributed by atoms with Crippen molar-refractivity contribution in [2.75, 3.05) is 5.32 Å². The van der Waals surface area contributed by atoms with Crippen molar-refractivity contribution in [3.8, 4) is 0 Å². The predicted molar refractivity (Wildman–Crippen MR) is 86.1 cm³/mol. The van der Waals surface area contributed by atoms with Gasteiger partial charge in [0.15, 0.2) is 0 Å². The smallest absolute Gasteiger partial charge is 0.335 e. The van der Waals surface area contributed by atoms with Crippen LogP contribution in [-0.4, -0.2) is 32.1 Å². The molecule has 3 aromatic rings. The molecule has 0 radical (unpaired) electrons. The molecular formula is C14H8ClN3O4S. The number of aromatic carboxylic acids is 2. The van der Waals surface area contributed by atoms with Gasteiger partial charge in [-0.1, -0.05) is 0 Å². The molecule has 0 aliphatic carbocycles. The average Bonchev–Trinajstić information content (AvgIpc) is 2.95. The molecular weight excluding hydrogens is 342 g/mol. The second-order valence-corrected chi connectivity index (χ2v) is 5.75. The van der Waals surface area contributed by atoms with E-state index < -0.39 is 11.9 Å². The zero-order chi connectivity index (χ0) is 16.6. The molecule has 0 aliphatic heterocycles. The lowest BCUT2D eigenvalue weighted by atomic mass is 10.1. The van der Waals surface area contributed by atoms with Crippen LogP contribution in [0, 0.1) is 0 Å². The van der Waals surface area contributed by atoms with Gasteiger partial charge in [-0.05, 0) is 41.2 Å². The van der Waals surface area contributed by atoms with Crippen LogP contribution >= 0.6 is 22.9 Å². The van der Waals surface area contributed by atoms with Crippen LogP contribution in [0.3, 0.4) is 0 Å². The first kappa shape index (κ1) is 15.2. The zero-order valence-electron chi connectivity index (χ0n) is 11.3. The molecule has 116 valence electrons. The van der Waals surface area contributed by atoms with Gasteiger partial charge >= 0.3 is 11.9 Å². The predicted octanol–water partition coefficient (Wildman–Crippen LogP) is 3.48. The van der Waals surface area contributed by atoms with Gasteiger partial charge in [0.1, 0.15) is 10.6 Å². The van der Waals surface area contributed by atoms with Crippen LogP contribution < -0.4 is 5.32 Å². The molecule has 2 aromatic heterocycles. The maximum Gasteiger partial charge on any atom is 0.335 e. The van der Waals surface area contributed by atoms with Crippen molar-refractivity contribution in [3.63, 3.8) is 0 Å². The van der Waals surface area contributed by atoms with Gasteiger partial charge in [0.2, 0.25) is 5.28 Å². The number of carboxylic acid groups (broad SMARTS) is 2. The molecule has 0 saturated carbocycles. The topological polar surface area (TPSA) is 112 Å². The van der Waals surface area contributed by atoms with Gasteiger partial charge in [-0.15, -0.1) is 11.3 Å². The molecule has 0 unspecified atom stereocenters. The average molecular weight is 350 g/mol. The summed E-state index contributed by atoms with van der Waals surface area (Å²) in [6.45, 7) is 0. The van der Waals surface area contributed by atoms with E-state index in [2.05, 4.69) is 15.3 Å². The minimum Gasteiger partial charge on any atom is -0.478 e. The first-order valence-electron chi connectivity index (χ1n) is 6.23. The van der Waals surface area contributed by atoms with Crippen molar-refractivity contribution in [2.24, 2.45) is 0 Å². The molecule has 7 nitrogen and oxygen atoms in total. The summed E-state index contributed by atoms with van der Waals surface area (Å²) < 4.78 is 0. The van der Waals surface area contributed by atoms with Crippen molar-refractivity contribution < 1.29 is 19.8 Å². The number of benzene rings is 1. The van der Waals surface area contributed by atoms with E-state index in [4.69, 9.17) is 21.8 Å². The first-order valence-corrected chi connectivity index (χ1v) is 7.49.